The minimum atomic E-state index is -0.254. The molecule has 0 amide bonds. The summed E-state index contributed by atoms with van der Waals surface area (Å²) in [5, 5.41) is 3.34. The SMILES string of the molecule is C#CC(C)(C)NCc1ccc2c(c1)CCO2. The molecule has 1 aliphatic heterocycles. The van der Waals surface area contributed by atoms with Crippen molar-refractivity contribution in [1.82, 2.24) is 5.32 Å². The second-order valence-electron chi connectivity index (χ2n) is 4.66. The summed E-state index contributed by atoms with van der Waals surface area (Å²) < 4.78 is 5.47. The summed E-state index contributed by atoms with van der Waals surface area (Å²) >= 11 is 0. The molecule has 0 aliphatic carbocycles. The average Bonchev–Trinajstić information content (AvgIpc) is 2.73. The van der Waals surface area contributed by atoms with Crippen LogP contribution in [0.5, 0.6) is 5.75 Å². The Bertz CT molecular complexity index is 429. The van der Waals surface area contributed by atoms with Crippen LogP contribution in [0.2, 0.25) is 0 Å². The third kappa shape index (κ3) is 2.37. The van der Waals surface area contributed by atoms with E-state index in [0.29, 0.717) is 0 Å². The van der Waals surface area contributed by atoms with Gasteiger partial charge in [-0.25, -0.2) is 0 Å². The average molecular weight is 215 g/mol. The van der Waals surface area contributed by atoms with Gasteiger partial charge in [0.25, 0.3) is 0 Å². The Balaban J connectivity index is 2.04. The highest BCUT2D eigenvalue weighted by molar-refractivity contribution is 5.39. The molecule has 0 saturated carbocycles. The first-order valence-electron chi connectivity index (χ1n) is 5.58. The van der Waals surface area contributed by atoms with Crippen LogP contribution < -0.4 is 10.1 Å². The van der Waals surface area contributed by atoms with Crippen molar-refractivity contribution in [2.75, 3.05) is 6.61 Å². The third-order valence-electron chi connectivity index (χ3n) is 2.85. The molecular weight excluding hydrogens is 198 g/mol. The maximum Gasteiger partial charge on any atom is 0.122 e. The van der Waals surface area contributed by atoms with Crippen molar-refractivity contribution in [3.63, 3.8) is 0 Å². The molecule has 2 rings (SSSR count). The highest BCUT2D eigenvalue weighted by atomic mass is 16.5. The largest absolute Gasteiger partial charge is 0.493 e. The van der Waals surface area contributed by atoms with E-state index in [-0.39, 0.29) is 5.54 Å². The Morgan fingerprint density at radius 3 is 3.06 bits per heavy atom. The zero-order valence-electron chi connectivity index (χ0n) is 9.84. The van der Waals surface area contributed by atoms with Gasteiger partial charge >= 0.3 is 0 Å². The second kappa shape index (κ2) is 4.19. The summed E-state index contributed by atoms with van der Waals surface area (Å²) in [4.78, 5) is 0. The Hall–Kier alpha value is -1.46. The summed E-state index contributed by atoms with van der Waals surface area (Å²) in [7, 11) is 0. The van der Waals surface area contributed by atoms with Crippen molar-refractivity contribution in [3.05, 3.63) is 29.3 Å². The van der Waals surface area contributed by atoms with E-state index in [4.69, 9.17) is 11.2 Å². The minimum Gasteiger partial charge on any atom is -0.493 e. The standard InChI is InChI=1S/C14H17NO/c1-4-14(2,3)15-10-11-5-6-13-12(9-11)7-8-16-13/h1,5-6,9,15H,7-8,10H2,2-3H3. The molecule has 0 bridgehead atoms. The smallest absolute Gasteiger partial charge is 0.122 e. The molecule has 1 heterocycles. The van der Waals surface area contributed by atoms with Gasteiger partial charge in [0.2, 0.25) is 0 Å². The molecule has 0 saturated heterocycles. The first kappa shape index (κ1) is 11.0. The van der Waals surface area contributed by atoms with Crippen LogP contribution in [0, 0.1) is 12.3 Å². The summed E-state index contributed by atoms with van der Waals surface area (Å²) in [5.74, 6) is 3.76. The van der Waals surface area contributed by atoms with Crippen LogP contribution in [0.3, 0.4) is 0 Å². The maximum absolute atomic E-state index is 5.47. The molecule has 0 aromatic heterocycles. The van der Waals surface area contributed by atoms with Crippen molar-refractivity contribution in [3.8, 4) is 18.1 Å². The van der Waals surface area contributed by atoms with Gasteiger partial charge in [0, 0.05) is 13.0 Å². The number of terminal acetylenes is 1. The Labute approximate surface area is 97.0 Å². The molecule has 0 radical (unpaired) electrons. The monoisotopic (exact) mass is 215 g/mol. The van der Waals surface area contributed by atoms with Crippen molar-refractivity contribution in [1.29, 1.82) is 0 Å². The predicted molar refractivity (Wildman–Crippen MR) is 65.4 cm³/mol. The van der Waals surface area contributed by atoms with E-state index in [0.717, 1.165) is 25.3 Å². The van der Waals surface area contributed by atoms with Crippen molar-refractivity contribution in [2.24, 2.45) is 0 Å². The first-order valence-corrected chi connectivity index (χ1v) is 5.58. The lowest BCUT2D eigenvalue weighted by Crippen LogP contribution is -2.36. The molecule has 2 heteroatoms. The Morgan fingerprint density at radius 1 is 1.50 bits per heavy atom. The van der Waals surface area contributed by atoms with Gasteiger partial charge < -0.3 is 4.74 Å². The van der Waals surface area contributed by atoms with Gasteiger partial charge in [0.05, 0.1) is 12.1 Å². The van der Waals surface area contributed by atoms with Gasteiger partial charge in [-0.2, -0.15) is 0 Å². The lowest BCUT2D eigenvalue weighted by molar-refractivity contribution is 0.357. The topological polar surface area (TPSA) is 21.3 Å². The molecule has 2 nitrogen and oxygen atoms in total. The molecule has 1 N–H and O–H groups in total. The van der Waals surface area contributed by atoms with E-state index in [1.54, 1.807) is 0 Å². The fraction of sp³-hybridized carbons (Fsp3) is 0.429. The van der Waals surface area contributed by atoms with Crippen LogP contribution in [-0.4, -0.2) is 12.1 Å². The molecule has 0 unspecified atom stereocenters. The highest BCUT2D eigenvalue weighted by Gasteiger charge is 2.14. The van der Waals surface area contributed by atoms with E-state index in [9.17, 15) is 0 Å². The van der Waals surface area contributed by atoms with Crippen LogP contribution in [0.25, 0.3) is 0 Å². The van der Waals surface area contributed by atoms with Crippen LogP contribution in [-0.2, 0) is 13.0 Å². The van der Waals surface area contributed by atoms with E-state index < -0.39 is 0 Å². The number of rotatable bonds is 3. The van der Waals surface area contributed by atoms with E-state index >= 15 is 0 Å². The van der Waals surface area contributed by atoms with Gasteiger partial charge in [0.1, 0.15) is 5.75 Å². The predicted octanol–water partition coefficient (Wildman–Crippen LogP) is 2.12. The van der Waals surface area contributed by atoms with Gasteiger partial charge in [-0.15, -0.1) is 6.42 Å². The van der Waals surface area contributed by atoms with Gasteiger partial charge in [-0.3, -0.25) is 5.32 Å². The number of benzene rings is 1. The summed E-state index contributed by atoms with van der Waals surface area (Å²) in [6.07, 6.45) is 6.44. The molecule has 0 atom stereocenters. The number of hydrogen-bond acceptors (Lipinski definition) is 2. The fourth-order valence-corrected chi connectivity index (χ4v) is 1.72. The van der Waals surface area contributed by atoms with Crippen LogP contribution in [0.15, 0.2) is 18.2 Å². The molecule has 16 heavy (non-hydrogen) atoms. The minimum absolute atomic E-state index is 0.254. The molecule has 1 aromatic rings. The molecule has 84 valence electrons. The third-order valence-corrected chi connectivity index (χ3v) is 2.85. The van der Waals surface area contributed by atoms with Crippen LogP contribution in [0.1, 0.15) is 25.0 Å². The fourth-order valence-electron chi connectivity index (χ4n) is 1.72. The lowest BCUT2D eigenvalue weighted by atomic mass is 10.0. The lowest BCUT2D eigenvalue weighted by Gasteiger charge is -2.19. The zero-order chi connectivity index (χ0) is 11.6. The van der Waals surface area contributed by atoms with Crippen molar-refractivity contribution >= 4 is 0 Å². The van der Waals surface area contributed by atoms with Crippen molar-refractivity contribution in [2.45, 2.75) is 32.4 Å². The van der Waals surface area contributed by atoms with Gasteiger partial charge in [-0.05, 0) is 31.0 Å². The summed E-state index contributed by atoms with van der Waals surface area (Å²) in [6, 6.07) is 6.33. The van der Waals surface area contributed by atoms with Crippen LogP contribution >= 0.6 is 0 Å². The maximum atomic E-state index is 5.47. The quantitative estimate of drug-likeness (QED) is 0.780. The number of ether oxygens (including phenoxy) is 1. The Kier molecular flexibility index (Phi) is 2.89. The van der Waals surface area contributed by atoms with Gasteiger partial charge in [0.15, 0.2) is 0 Å². The molecule has 0 fully saturated rings. The van der Waals surface area contributed by atoms with E-state index in [2.05, 4.69) is 23.4 Å². The Morgan fingerprint density at radius 2 is 2.31 bits per heavy atom. The number of hydrogen-bond donors (Lipinski definition) is 1. The molecule has 0 spiro atoms. The molecule has 1 aliphatic rings. The summed E-state index contributed by atoms with van der Waals surface area (Å²) in [5.41, 5.74) is 2.31. The number of nitrogens with one attached hydrogen (secondary N) is 1. The van der Waals surface area contributed by atoms with E-state index in [1.807, 2.05) is 19.9 Å². The second-order valence-corrected chi connectivity index (χ2v) is 4.66. The van der Waals surface area contributed by atoms with Crippen LogP contribution in [0.4, 0.5) is 0 Å². The van der Waals surface area contributed by atoms with Gasteiger partial charge in [-0.1, -0.05) is 18.1 Å². The van der Waals surface area contributed by atoms with Crippen molar-refractivity contribution < 1.29 is 4.74 Å². The zero-order valence-corrected chi connectivity index (χ0v) is 9.84. The van der Waals surface area contributed by atoms with E-state index in [1.165, 1.54) is 11.1 Å². The summed E-state index contributed by atoms with van der Waals surface area (Å²) in [6.45, 7) is 5.61. The normalized spacial score (nSPS) is 14.1. The molecular formula is C14H17NO. The number of fused-ring (bicyclic) bond motifs is 1. The molecule has 1 aromatic carbocycles. The highest BCUT2D eigenvalue weighted by Crippen LogP contribution is 2.25. The first-order chi connectivity index (χ1) is 7.61.